The Balaban J connectivity index is 2.49. The number of hydrogen-bond donors (Lipinski definition) is 4. The fourth-order valence-electron chi connectivity index (χ4n) is 0.934. The zero-order valence-corrected chi connectivity index (χ0v) is 6.33. The summed E-state index contributed by atoms with van der Waals surface area (Å²) in [4.78, 5) is 0. The molecule has 0 bridgehead atoms. The first-order valence-corrected chi connectivity index (χ1v) is 3.57. The second-order valence-corrected chi connectivity index (χ2v) is 2.50. The van der Waals surface area contributed by atoms with Crippen molar-refractivity contribution in [1.82, 2.24) is 0 Å². The van der Waals surface area contributed by atoms with E-state index in [4.69, 9.17) is 29.9 Å². The molecule has 0 unspecified atom stereocenters. The van der Waals surface area contributed by atoms with Crippen LogP contribution in [0, 0.1) is 0 Å². The van der Waals surface area contributed by atoms with E-state index in [0.717, 1.165) is 0 Å². The monoisotopic (exact) mass is 180 g/mol. The Morgan fingerprint density at radius 2 is 1.17 bits per heavy atom. The predicted molar refractivity (Wildman–Crippen MR) is 35.9 cm³/mol. The lowest BCUT2D eigenvalue weighted by molar-refractivity contribution is -0.338. The Morgan fingerprint density at radius 1 is 0.833 bits per heavy atom. The molecule has 1 aliphatic rings. The molecular formula is C6H12O6. The molecule has 0 aromatic rings. The molecule has 1 heterocycles. The van der Waals surface area contributed by atoms with Crippen molar-refractivity contribution in [2.75, 3.05) is 13.2 Å². The molecule has 0 radical (unpaired) electrons. The van der Waals surface area contributed by atoms with Crippen molar-refractivity contribution in [1.29, 1.82) is 0 Å². The molecule has 1 rings (SSSR count). The molecule has 12 heavy (non-hydrogen) atoms. The highest BCUT2D eigenvalue weighted by molar-refractivity contribution is 4.72. The Morgan fingerprint density at radius 3 is 1.42 bits per heavy atom. The molecule has 72 valence electrons. The summed E-state index contributed by atoms with van der Waals surface area (Å²) < 4.78 is 9.44. The van der Waals surface area contributed by atoms with Crippen molar-refractivity contribution in [2.45, 2.75) is 24.8 Å². The van der Waals surface area contributed by atoms with Gasteiger partial charge in [-0.3, -0.25) is 0 Å². The van der Waals surface area contributed by atoms with Gasteiger partial charge in [0.2, 0.25) is 0 Å². The standard InChI is InChI=1S/C6H12O6/c7-1-3-5(9)12-4(2-8)6(10)11-3/h3-10H,1-2H2/t3-,4-,5-,6+/m0/s1. The molecule has 4 N–H and O–H groups in total. The summed E-state index contributed by atoms with van der Waals surface area (Å²) in [6, 6.07) is 0. The molecule has 0 saturated carbocycles. The molecule has 4 atom stereocenters. The SMILES string of the molecule is OC[C@@H]1O[C@H](O)[C@H](CO)O[C@H]1O. The first kappa shape index (κ1) is 9.85. The summed E-state index contributed by atoms with van der Waals surface area (Å²) in [6.45, 7) is -0.896. The topological polar surface area (TPSA) is 99.4 Å². The number of hydrogen-bond acceptors (Lipinski definition) is 6. The van der Waals surface area contributed by atoms with Gasteiger partial charge in [0, 0.05) is 0 Å². The van der Waals surface area contributed by atoms with Gasteiger partial charge in [-0.25, -0.2) is 0 Å². The summed E-state index contributed by atoms with van der Waals surface area (Å²) in [6.07, 6.45) is -4.53. The van der Waals surface area contributed by atoms with Gasteiger partial charge in [-0.2, -0.15) is 0 Å². The van der Waals surface area contributed by atoms with Crippen LogP contribution in [-0.2, 0) is 9.47 Å². The molecule has 6 nitrogen and oxygen atoms in total. The molecule has 0 amide bonds. The van der Waals surface area contributed by atoms with E-state index in [9.17, 15) is 0 Å². The normalized spacial score (nSPS) is 43.0. The van der Waals surface area contributed by atoms with Crippen molar-refractivity contribution < 1.29 is 29.9 Å². The van der Waals surface area contributed by atoms with Gasteiger partial charge < -0.3 is 29.9 Å². The average Bonchev–Trinajstić information content (AvgIpc) is 2.08. The maximum absolute atomic E-state index is 9.06. The lowest BCUT2D eigenvalue weighted by Crippen LogP contribution is -2.51. The first-order chi connectivity index (χ1) is 5.69. The molecule has 1 aliphatic heterocycles. The van der Waals surface area contributed by atoms with Gasteiger partial charge in [-0.1, -0.05) is 0 Å². The fraction of sp³-hybridized carbons (Fsp3) is 1.00. The molecule has 0 spiro atoms. The second-order valence-electron chi connectivity index (χ2n) is 2.50. The minimum absolute atomic E-state index is 0.448. The number of rotatable bonds is 2. The van der Waals surface area contributed by atoms with Crippen molar-refractivity contribution >= 4 is 0 Å². The van der Waals surface area contributed by atoms with Crippen LogP contribution in [-0.4, -0.2) is 58.4 Å². The van der Waals surface area contributed by atoms with Gasteiger partial charge in [0.1, 0.15) is 12.2 Å². The van der Waals surface area contributed by atoms with Gasteiger partial charge in [0.15, 0.2) is 12.6 Å². The lowest BCUT2D eigenvalue weighted by Gasteiger charge is -2.35. The summed E-state index contributed by atoms with van der Waals surface area (Å²) in [7, 11) is 0. The Labute approximate surface area is 69.0 Å². The Hall–Kier alpha value is -0.240. The summed E-state index contributed by atoms with van der Waals surface area (Å²) >= 11 is 0. The van der Waals surface area contributed by atoms with E-state index in [2.05, 4.69) is 0 Å². The minimum atomic E-state index is -1.31. The summed E-state index contributed by atoms with van der Waals surface area (Å²) in [5, 5.41) is 35.3. The molecule has 1 saturated heterocycles. The van der Waals surface area contributed by atoms with E-state index < -0.39 is 38.0 Å². The van der Waals surface area contributed by atoms with Gasteiger partial charge in [0.05, 0.1) is 13.2 Å². The zero-order valence-electron chi connectivity index (χ0n) is 6.33. The molecule has 0 aliphatic carbocycles. The van der Waals surface area contributed by atoms with E-state index in [1.807, 2.05) is 0 Å². The van der Waals surface area contributed by atoms with Crippen molar-refractivity contribution in [3.8, 4) is 0 Å². The minimum Gasteiger partial charge on any atom is -0.393 e. The van der Waals surface area contributed by atoms with Crippen LogP contribution in [0.1, 0.15) is 0 Å². The third-order valence-electron chi connectivity index (χ3n) is 1.62. The first-order valence-electron chi connectivity index (χ1n) is 3.57. The van der Waals surface area contributed by atoms with E-state index in [1.54, 1.807) is 0 Å². The van der Waals surface area contributed by atoms with Crippen molar-refractivity contribution in [3.63, 3.8) is 0 Å². The average molecular weight is 180 g/mol. The van der Waals surface area contributed by atoms with Crippen LogP contribution in [0.15, 0.2) is 0 Å². The smallest absolute Gasteiger partial charge is 0.184 e. The molecule has 1 fully saturated rings. The molecule has 0 aromatic heterocycles. The lowest BCUT2D eigenvalue weighted by atomic mass is 10.2. The van der Waals surface area contributed by atoms with Gasteiger partial charge >= 0.3 is 0 Å². The third-order valence-corrected chi connectivity index (χ3v) is 1.62. The highest BCUT2D eigenvalue weighted by atomic mass is 16.7. The Bertz CT molecular complexity index is 124. The van der Waals surface area contributed by atoms with Crippen LogP contribution in [0.5, 0.6) is 0 Å². The summed E-state index contributed by atoms with van der Waals surface area (Å²) in [5.74, 6) is 0. The number of aliphatic hydroxyl groups is 4. The molecular weight excluding hydrogens is 168 g/mol. The van der Waals surface area contributed by atoms with E-state index in [1.165, 1.54) is 0 Å². The Kier molecular flexibility index (Phi) is 3.39. The number of aliphatic hydroxyl groups excluding tert-OH is 4. The zero-order chi connectivity index (χ0) is 9.14. The van der Waals surface area contributed by atoms with Crippen LogP contribution < -0.4 is 0 Å². The number of ether oxygens (including phenoxy) is 2. The van der Waals surface area contributed by atoms with E-state index in [-0.39, 0.29) is 0 Å². The van der Waals surface area contributed by atoms with Crippen LogP contribution >= 0.6 is 0 Å². The van der Waals surface area contributed by atoms with Gasteiger partial charge in [0.25, 0.3) is 0 Å². The summed E-state index contributed by atoms with van der Waals surface area (Å²) in [5.41, 5.74) is 0. The second kappa shape index (κ2) is 4.13. The third kappa shape index (κ3) is 1.92. The van der Waals surface area contributed by atoms with E-state index >= 15 is 0 Å². The fourth-order valence-corrected chi connectivity index (χ4v) is 0.934. The predicted octanol–water partition coefficient (Wildman–Crippen LogP) is -2.61. The van der Waals surface area contributed by atoms with Gasteiger partial charge in [-0.05, 0) is 0 Å². The quantitative estimate of drug-likeness (QED) is 0.371. The van der Waals surface area contributed by atoms with Crippen LogP contribution in [0.3, 0.4) is 0 Å². The maximum Gasteiger partial charge on any atom is 0.184 e. The van der Waals surface area contributed by atoms with Crippen LogP contribution in [0.2, 0.25) is 0 Å². The van der Waals surface area contributed by atoms with Crippen molar-refractivity contribution in [2.24, 2.45) is 0 Å². The van der Waals surface area contributed by atoms with E-state index in [0.29, 0.717) is 0 Å². The van der Waals surface area contributed by atoms with Crippen LogP contribution in [0.25, 0.3) is 0 Å². The van der Waals surface area contributed by atoms with Crippen molar-refractivity contribution in [3.05, 3.63) is 0 Å². The largest absolute Gasteiger partial charge is 0.393 e. The maximum atomic E-state index is 9.06. The highest BCUT2D eigenvalue weighted by Crippen LogP contribution is 2.16. The highest BCUT2D eigenvalue weighted by Gasteiger charge is 2.36. The van der Waals surface area contributed by atoms with Gasteiger partial charge in [-0.15, -0.1) is 0 Å². The molecule has 0 aromatic carbocycles. The van der Waals surface area contributed by atoms with Crippen LogP contribution in [0.4, 0.5) is 0 Å². The molecule has 6 heteroatoms.